The first-order chi connectivity index (χ1) is 12.7. The van der Waals surface area contributed by atoms with Crippen LogP contribution in [0, 0.1) is 0 Å². The normalized spacial score (nSPS) is 17.1. The molecule has 1 aliphatic heterocycles. The number of rotatable bonds is 4. The number of thiazole rings is 1. The van der Waals surface area contributed by atoms with Gasteiger partial charge >= 0.3 is 5.97 Å². The van der Waals surface area contributed by atoms with Crippen LogP contribution in [0.2, 0.25) is 0 Å². The van der Waals surface area contributed by atoms with Crippen molar-refractivity contribution in [2.24, 2.45) is 0 Å². The van der Waals surface area contributed by atoms with Crippen LogP contribution >= 0.6 is 11.3 Å². The molecule has 1 atom stereocenters. The molecule has 1 aliphatic rings. The number of ether oxygens (including phenoxy) is 1. The van der Waals surface area contributed by atoms with Gasteiger partial charge in [-0.3, -0.25) is 4.98 Å². The summed E-state index contributed by atoms with van der Waals surface area (Å²) in [5, 5.41) is 10.9. The first-order valence-electron chi connectivity index (χ1n) is 8.35. The molecule has 8 heteroatoms. The number of anilines is 2. The van der Waals surface area contributed by atoms with E-state index in [1.165, 1.54) is 0 Å². The third-order valence-corrected chi connectivity index (χ3v) is 5.18. The van der Waals surface area contributed by atoms with Crippen molar-refractivity contribution in [1.82, 2.24) is 9.97 Å². The van der Waals surface area contributed by atoms with Gasteiger partial charge in [-0.25, -0.2) is 9.78 Å². The van der Waals surface area contributed by atoms with Gasteiger partial charge in [-0.15, -0.1) is 11.3 Å². The Morgan fingerprint density at radius 3 is 3.04 bits per heavy atom. The third kappa shape index (κ3) is 2.87. The van der Waals surface area contributed by atoms with Gasteiger partial charge in [0.1, 0.15) is 0 Å². The minimum absolute atomic E-state index is 0.296. The number of carbonyl (C=O) groups is 1. The van der Waals surface area contributed by atoms with E-state index >= 15 is 0 Å². The lowest BCUT2D eigenvalue weighted by Crippen LogP contribution is -2.39. The fraction of sp³-hybridized carbons (Fsp3) is 0.278. The van der Waals surface area contributed by atoms with Crippen molar-refractivity contribution in [3.63, 3.8) is 0 Å². The maximum Gasteiger partial charge on any atom is 0.340 e. The average Bonchev–Trinajstić information content (AvgIpc) is 3.27. The Morgan fingerprint density at radius 2 is 2.19 bits per heavy atom. The number of carbonyl (C=O) groups excluding carboxylic acids is 1. The van der Waals surface area contributed by atoms with Crippen LogP contribution in [0.25, 0.3) is 10.2 Å². The zero-order valence-corrected chi connectivity index (χ0v) is 15.0. The molecular weight excluding hydrogens is 352 g/mol. The smallest absolute Gasteiger partial charge is 0.340 e. The van der Waals surface area contributed by atoms with E-state index in [1.54, 1.807) is 41.6 Å². The lowest BCUT2D eigenvalue weighted by molar-refractivity contribution is 0.0526. The van der Waals surface area contributed by atoms with Gasteiger partial charge in [0.2, 0.25) is 6.35 Å². The van der Waals surface area contributed by atoms with Gasteiger partial charge in [0.25, 0.3) is 0 Å². The summed E-state index contributed by atoms with van der Waals surface area (Å²) in [6.07, 6.45) is 2.25. The van der Waals surface area contributed by atoms with Gasteiger partial charge in [-0.1, -0.05) is 0 Å². The number of benzene rings is 1. The molecule has 4 rings (SSSR count). The second-order valence-corrected chi connectivity index (χ2v) is 6.74. The summed E-state index contributed by atoms with van der Waals surface area (Å²) in [5.74, 6) is -0.415. The fourth-order valence-corrected chi connectivity index (χ4v) is 3.85. The largest absolute Gasteiger partial charge is 0.462 e. The van der Waals surface area contributed by atoms with E-state index < -0.39 is 12.3 Å². The summed E-state index contributed by atoms with van der Waals surface area (Å²) >= 11 is 1.57. The predicted octanol–water partition coefficient (Wildman–Crippen LogP) is 2.47. The molecule has 7 nitrogen and oxygen atoms in total. The summed E-state index contributed by atoms with van der Waals surface area (Å²) in [6, 6.07) is 7.54. The maximum atomic E-state index is 12.2. The molecule has 0 spiro atoms. The lowest BCUT2D eigenvalue weighted by atomic mass is 10.2. The van der Waals surface area contributed by atoms with Crippen molar-refractivity contribution >= 4 is 38.9 Å². The van der Waals surface area contributed by atoms with Crippen molar-refractivity contribution in [3.05, 3.63) is 47.7 Å². The molecule has 0 saturated carbocycles. The number of aliphatic hydroxyl groups is 1. The summed E-state index contributed by atoms with van der Waals surface area (Å²) in [6.45, 7) is 3.26. The lowest BCUT2D eigenvalue weighted by Gasteiger charge is -2.28. The standard InChI is InChI=1S/C18H18N4O3S/c1-2-25-17(23)13-5-6-19-10-15(13)22-8-7-21(18(22)24)12-3-4-14-16(9-12)26-11-20-14/h3-6,9-11,18,24H,2,7-8H2,1H3. The highest BCUT2D eigenvalue weighted by atomic mass is 32.1. The second kappa shape index (κ2) is 6.89. The molecule has 26 heavy (non-hydrogen) atoms. The first kappa shape index (κ1) is 16.7. The van der Waals surface area contributed by atoms with Gasteiger partial charge in [-0.05, 0) is 31.2 Å². The molecule has 1 N–H and O–H groups in total. The Labute approximate surface area is 154 Å². The predicted molar refractivity (Wildman–Crippen MR) is 101 cm³/mol. The SMILES string of the molecule is CCOC(=O)c1ccncc1N1CCN(c2ccc3ncsc3c2)C1O. The van der Waals surface area contributed by atoms with Crippen LogP contribution in [0.15, 0.2) is 42.2 Å². The van der Waals surface area contributed by atoms with Gasteiger partial charge in [0, 0.05) is 25.0 Å². The highest BCUT2D eigenvalue weighted by molar-refractivity contribution is 7.16. The van der Waals surface area contributed by atoms with E-state index in [2.05, 4.69) is 9.97 Å². The minimum atomic E-state index is -0.891. The Kier molecular flexibility index (Phi) is 4.44. The molecule has 1 fully saturated rings. The molecule has 0 aliphatic carbocycles. The van der Waals surface area contributed by atoms with Crippen LogP contribution in [0.4, 0.5) is 11.4 Å². The molecule has 3 aromatic rings. The van der Waals surface area contributed by atoms with Crippen LogP contribution in [0.1, 0.15) is 17.3 Å². The molecule has 2 aromatic heterocycles. The number of fused-ring (bicyclic) bond motifs is 1. The summed E-state index contributed by atoms with van der Waals surface area (Å²) in [4.78, 5) is 24.3. The Balaban J connectivity index is 1.63. The van der Waals surface area contributed by atoms with E-state index in [-0.39, 0.29) is 0 Å². The van der Waals surface area contributed by atoms with E-state index in [1.807, 2.05) is 28.6 Å². The summed E-state index contributed by atoms with van der Waals surface area (Å²) in [7, 11) is 0. The van der Waals surface area contributed by atoms with Crippen LogP contribution in [-0.4, -0.2) is 47.1 Å². The maximum absolute atomic E-state index is 12.2. The van der Waals surface area contributed by atoms with Gasteiger partial charge in [0.15, 0.2) is 0 Å². The van der Waals surface area contributed by atoms with E-state index in [0.29, 0.717) is 30.9 Å². The number of hydrogen-bond donors (Lipinski definition) is 1. The second-order valence-electron chi connectivity index (χ2n) is 5.85. The number of pyridine rings is 1. The zero-order valence-electron chi connectivity index (χ0n) is 14.2. The van der Waals surface area contributed by atoms with E-state index in [9.17, 15) is 9.90 Å². The molecule has 1 unspecified atom stereocenters. The highest BCUT2D eigenvalue weighted by Crippen LogP contribution is 2.31. The van der Waals surface area contributed by atoms with Crippen LogP contribution in [-0.2, 0) is 4.74 Å². The molecule has 134 valence electrons. The molecule has 0 amide bonds. The van der Waals surface area contributed by atoms with Crippen LogP contribution in [0.5, 0.6) is 0 Å². The van der Waals surface area contributed by atoms with Gasteiger partial charge < -0.3 is 19.6 Å². The molecule has 1 aromatic carbocycles. The van der Waals surface area contributed by atoms with Crippen molar-refractivity contribution in [2.45, 2.75) is 13.3 Å². The highest BCUT2D eigenvalue weighted by Gasteiger charge is 2.33. The Bertz CT molecular complexity index is 945. The first-order valence-corrected chi connectivity index (χ1v) is 9.22. The molecule has 3 heterocycles. The van der Waals surface area contributed by atoms with E-state index in [4.69, 9.17) is 4.74 Å². The van der Waals surface area contributed by atoms with Crippen LogP contribution in [0.3, 0.4) is 0 Å². The topological polar surface area (TPSA) is 78.8 Å². The van der Waals surface area contributed by atoms with Gasteiger partial charge in [0.05, 0.1) is 39.8 Å². The van der Waals surface area contributed by atoms with Crippen molar-refractivity contribution in [1.29, 1.82) is 0 Å². The molecule has 1 saturated heterocycles. The summed E-state index contributed by atoms with van der Waals surface area (Å²) in [5.41, 5.74) is 4.64. The van der Waals surface area contributed by atoms with E-state index in [0.717, 1.165) is 15.9 Å². The number of hydrogen-bond acceptors (Lipinski definition) is 8. The number of aliphatic hydroxyl groups excluding tert-OH is 1. The number of esters is 1. The molecular formula is C18H18N4O3S. The zero-order chi connectivity index (χ0) is 18.1. The monoisotopic (exact) mass is 370 g/mol. The van der Waals surface area contributed by atoms with Crippen molar-refractivity contribution < 1.29 is 14.6 Å². The summed E-state index contributed by atoms with van der Waals surface area (Å²) < 4.78 is 6.19. The van der Waals surface area contributed by atoms with Crippen molar-refractivity contribution in [2.75, 3.05) is 29.5 Å². The molecule has 0 bridgehead atoms. The number of aromatic nitrogens is 2. The fourth-order valence-electron chi connectivity index (χ4n) is 3.14. The minimum Gasteiger partial charge on any atom is -0.462 e. The van der Waals surface area contributed by atoms with Gasteiger partial charge in [-0.2, -0.15) is 0 Å². The average molecular weight is 370 g/mol. The quantitative estimate of drug-likeness (QED) is 0.707. The van der Waals surface area contributed by atoms with Crippen LogP contribution < -0.4 is 9.80 Å². The van der Waals surface area contributed by atoms with Crippen molar-refractivity contribution in [3.8, 4) is 0 Å². The molecule has 0 radical (unpaired) electrons. The Hall–Kier alpha value is -2.71. The number of nitrogens with zero attached hydrogens (tertiary/aromatic N) is 4. The Morgan fingerprint density at radius 1 is 1.35 bits per heavy atom. The third-order valence-electron chi connectivity index (χ3n) is 4.39.